The topological polar surface area (TPSA) is 34.1 Å². The summed E-state index contributed by atoms with van der Waals surface area (Å²) < 4.78 is 28.2. The zero-order valence-corrected chi connectivity index (χ0v) is 7.84. The summed E-state index contributed by atoms with van der Waals surface area (Å²) in [5, 5.41) is 2.95. The van der Waals surface area contributed by atoms with Crippen LogP contribution in [0.25, 0.3) is 0 Å². The van der Waals surface area contributed by atoms with Crippen molar-refractivity contribution in [2.75, 3.05) is 13.7 Å². The highest BCUT2D eigenvalue weighted by Gasteiger charge is 2.03. The van der Waals surface area contributed by atoms with Crippen molar-refractivity contribution in [2.45, 2.75) is 13.0 Å². The molecule has 0 fully saturated rings. The van der Waals surface area contributed by atoms with E-state index in [9.17, 15) is 8.78 Å². The van der Waals surface area contributed by atoms with Gasteiger partial charge < -0.3 is 10.1 Å². The number of nitrogens with zero attached hydrogens (tertiary/aromatic N) is 1. The molecule has 78 valence electrons. The van der Waals surface area contributed by atoms with E-state index in [0.717, 1.165) is 5.56 Å². The third kappa shape index (κ3) is 3.66. The Balaban J connectivity index is 2.46. The van der Waals surface area contributed by atoms with Crippen molar-refractivity contribution in [3.05, 3.63) is 23.9 Å². The van der Waals surface area contributed by atoms with Gasteiger partial charge in [0.2, 0.25) is 5.88 Å². The van der Waals surface area contributed by atoms with Gasteiger partial charge in [-0.1, -0.05) is 6.07 Å². The monoisotopic (exact) mass is 202 g/mol. The predicted molar refractivity (Wildman–Crippen MR) is 48.5 cm³/mol. The number of halogens is 2. The van der Waals surface area contributed by atoms with Crippen LogP contribution in [0, 0.1) is 0 Å². The maximum Gasteiger partial charge on any atom is 0.272 e. The summed E-state index contributed by atoms with van der Waals surface area (Å²) in [6.45, 7) is 0.0838. The van der Waals surface area contributed by atoms with E-state index in [1.807, 2.05) is 7.05 Å². The lowest BCUT2D eigenvalue weighted by atomic mass is 10.3. The van der Waals surface area contributed by atoms with Crippen LogP contribution in [0.2, 0.25) is 0 Å². The minimum absolute atomic E-state index is 0.227. The normalized spacial score (nSPS) is 10.6. The Bertz CT molecular complexity index is 264. The smallest absolute Gasteiger partial charge is 0.272 e. The fourth-order valence-electron chi connectivity index (χ4n) is 0.953. The van der Waals surface area contributed by atoms with E-state index in [0.29, 0.717) is 6.54 Å². The van der Waals surface area contributed by atoms with E-state index in [1.165, 1.54) is 0 Å². The Morgan fingerprint density at radius 3 is 2.79 bits per heavy atom. The first-order valence-electron chi connectivity index (χ1n) is 4.23. The minimum atomic E-state index is -2.46. The highest BCUT2D eigenvalue weighted by atomic mass is 19.3. The summed E-state index contributed by atoms with van der Waals surface area (Å²) in [7, 11) is 1.82. The number of nitrogens with one attached hydrogen (secondary N) is 1. The van der Waals surface area contributed by atoms with Crippen molar-refractivity contribution in [1.29, 1.82) is 0 Å². The SMILES string of the molecule is CNCc1ccc(OCC(F)F)nc1. The standard InChI is InChI=1S/C9H12F2N2O/c1-12-4-7-2-3-9(13-5-7)14-6-8(10)11/h2-3,5,8,12H,4,6H2,1H3. The maximum atomic E-state index is 11.8. The number of rotatable bonds is 5. The van der Waals surface area contributed by atoms with Crippen LogP contribution in [0.1, 0.15) is 5.56 Å². The summed E-state index contributed by atoms with van der Waals surface area (Å²) in [5.74, 6) is 0.227. The van der Waals surface area contributed by atoms with Crippen LogP contribution < -0.4 is 10.1 Å². The first-order chi connectivity index (χ1) is 6.72. The van der Waals surface area contributed by atoms with Crippen LogP contribution in [-0.2, 0) is 6.54 Å². The van der Waals surface area contributed by atoms with Gasteiger partial charge in [-0.25, -0.2) is 13.8 Å². The summed E-state index contributed by atoms with van der Waals surface area (Å²) in [6.07, 6.45) is -0.870. The summed E-state index contributed by atoms with van der Waals surface area (Å²) in [6, 6.07) is 3.36. The van der Waals surface area contributed by atoms with Gasteiger partial charge in [-0.3, -0.25) is 0 Å². The second kappa shape index (κ2) is 5.49. The van der Waals surface area contributed by atoms with Crippen molar-refractivity contribution in [3.63, 3.8) is 0 Å². The number of hydrogen-bond donors (Lipinski definition) is 1. The second-order valence-electron chi connectivity index (χ2n) is 2.74. The van der Waals surface area contributed by atoms with Gasteiger partial charge in [0.05, 0.1) is 0 Å². The van der Waals surface area contributed by atoms with Crippen molar-refractivity contribution in [2.24, 2.45) is 0 Å². The average Bonchev–Trinajstić information content (AvgIpc) is 2.17. The molecule has 1 aromatic rings. The molecule has 1 heterocycles. The molecule has 0 aliphatic rings. The van der Waals surface area contributed by atoms with Crippen LogP contribution in [0.15, 0.2) is 18.3 Å². The van der Waals surface area contributed by atoms with Gasteiger partial charge in [0.1, 0.15) is 0 Å². The summed E-state index contributed by atoms with van der Waals surface area (Å²) in [5.41, 5.74) is 0.983. The van der Waals surface area contributed by atoms with Crippen LogP contribution in [0.5, 0.6) is 5.88 Å². The molecule has 0 atom stereocenters. The highest BCUT2D eigenvalue weighted by molar-refractivity contribution is 5.17. The van der Waals surface area contributed by atoms with E-state index in [-0.39, 0.29) is 5.88 Å². The number of ether oxygens (including phenoxy) is 1. The molecule has 0 spiro atoms. The van der Waals surface area contributed by atoms with Crippen LogP contribution in [0.4, 0.5) is 8.78 Å². The first kappa shape index (κ1) is 10.8. The largest absolute Gasteiger partial charge is 0.472 e. The van der Waals surface area contributed by atoms with E-state index in [1.54, 1.807) is 18.3 Å². The zero-order chi connectivity index (χ0) is 10.4. The molecule has 0 aromatic carbocycles. The van der Waals surface area contributed by atoms with Gasteiger partial charge in [-0.05, 0) is 12.6 Å². The third-order valence-corrected chi connectivity index (χ3v) is 1.54. The van der Waals surface area contributed by atoms with Gasteiger partial charge in [0.15, 0.2) is 6.61 Å². The van der Waals surface area contributed by atoms with Crippen LogP contribution >= 0.6 is 0 Å². The molecular weight excluding hydrogens is 190 g/mol. The fourth-order valence-corrected chi connectivity index (χ4v) is 0.953. The average molecular weight is 202 g/mol. The lowest BCUT2D eigenvalue weighted by Gasteiger charge is -2.04. The Morgan fingerprint density at radius 2 is 2.29 bits per heavy atom. The number of hydrogen-bond acceptors (Lipinski definition) is 3. The number of pyridine rings is 1. The Hall–Kier alpha value is -1.23. The van der Waals surface area contributed by atoms with Crippen LogP contribution in [0.3, 0.4) is 0 Å². The van der Waals surface area contributed by atoms with E-state index >= 15 is 0 Å². The minimum Gasteiger partial charge on any atom is -0.472 e. The molecule has 0 saturated carbocycles. The molecule has 14 heavy (non-hydrogen) atoms. The first-order valence-corrected chi connectivity index (χ1v) is 4.23. The van der Waals surface area contributed by atoms with Gasteiger partial charge >= 0.3 is 0 Å². The van der Waals surface area contributed by atoms with Gasteiger partial charge in [0.25, 0.3) is 6.43 Å². The summed E-state index contributed by atoms with van der Waals surface area (Å²) in [4.78, 5) is 3.87. The second-order valence-corrected chi connectivity index (χ2v) is 2.74. The quantitative estimate of drug-likeness (QED) is 0.784. The molecule has 0 aliphatic heterocycles. The zero-order valence-electron chi connectivity index (χ0n) is 7.84. The molecular formula is C9H12F2N2O. The maximum absolute atomic E-state index is 11.8. The van der Waals surface area contributed by atoms with Gasteiger partial charge in [0, 0.05) is 18.8 Å². The van der Waals surface area contributed by atoms with Crippen LogP contribution in [-0.4, -0.2) is 25.1 Å². The van der Waals surface area contributed by atoms with Crippen molar-refractivity contribution >= 4 is 0 Å². The van der Waals surface area contributed by atoms with Gasteiger partial charge in [-0.2, -0.15) is 0 Å². The molecule has 1 aromatic heterocycles. The lowest BCUT2D eigenvalue weighted by molar-refractivity contribution is 0.0796. The number of alkyl halides is 2. The van der Waals surface area contributed by atoms with E-state index in [2.05, 4.69) is 10.3 Å². The highest BCUT2D eigenvalue weighted by Crippen LogP contribution is 2.08. The van der Waals surface area contributed by atoms with Gasteiger partial charge in [-0.15, -0.1) is 0 Å². The van der Waals surface area contributed by atoms with E-state index in [4.69, 9.17) is 4.74 Å². The Morgan fingerprint density at radius 1 is 1.50 bits per heavy atom. The third-order valence-electron chi connectivity index (χ3n) is 1.54. The molecule has 0 radical (unpaired) electrons. The molecule has 0 unspecified atom stereocenters. The molecule has 1 rings (SSSR count). The molecule has 0 amide bonds. The molecule has 5 heteroatoms. The Kier molecular flexibility index (Phi) is 4.25. The fraction of sp³-hybridized carbons (Fsp3) is 0.444. The molecule has 1 N–H and O–H groups in total. The lowest BCUT2D eigenvalue weighted by Crippen LogP contribution is -2.09. The predicted octanol–water partition coefficient (Wildman–Crippen LogP) is 1.44. The number of aromatic nitrogens is 1. The molecule has 0 bridgehead atoms. The Labute approximate surface area is 81.1 Å². The van der Waals surface area contributed by atoms with Crippen molar-refractivity contribution in [1.82, 2.24) is 10.3 Å². The molecule has 0 aliphatic carbocycles. The molecule has 3 nitrogen and oxygen atoms in total. The summed E-state index contributed by atoms with van der Waals surface area (Å²) >= 11 is 0. The van der Waals surface area contributed by atoms with Crippen molar-refractivity contribution < 1.29 is 13.5 Å². The van der Waals surface area contributed by atoms with Crippen molar-refractivity contribution in [3.8, 4) is 5.88 Å². The van der Waals surface area contributed by atoms with E-state index < -0.39 is 13.0 Å². The molecule has 0 saturated heterocycles.